The zero-order chi connectivity index (χ0) is 16.1. The summed E-state index contributed by atoms with van der Waals surface area (Å²) in [6.07, 6.45) is 5.81. The average molecular weight is 305 g/mol. The van der Waals surface area contributed by atoms with Gasteiger partial charge in [-0.3, -0.25) is 4.79 Å². The van der Waals surface area contributed by atoms with Crippen LogP contribution in [0.3, 0.4) is 0 Å². The van der Waals surface area contributed by atoms with Crippen LogP contribution in [-0.4, -0.2) is 26.2 Å². The molecule has 122 valence electrons. The number of ether oxygens (including phenoxy) is 2. The number of benzene rings is 1. The standard InChI is InChI=1S/C18H27NO3/c1-5-13-6-8-15(9-7-13)19-18(20)14-10-16(21-3)12(2)17(11-14)22-4/h10-11,13,15H,5-9H2,1-4H3,(H,19,20). The van der Waals surface area contributed by atoms with E-state index in [1.165, 1.54) is 19.3 Å². The summed E-state index contributed by atoms with van der Waals surface area (Å²) in [6, 6.07) is 3.85. The van der Waals surface area contributed by atoms with Crippen molar-refractivity contribution in [1.82, 2.24) is 5.32 Å². The van der Waals surface area contributed by atoms with Crippen LogP contribution in [-0.2, 0) is 0 Å². The minimum absolute atomic E-state index is 0.0449. The predicted octanol–water partition coefficient (Wildman–Crippen LogP) is 3.71. The van der Waals surface area contributed by atoms with Gasteiger partial charge in [0.05, 0.1) is 14.2 Å². The molecule has 1 amide bonds. The van der Waals surface area contributed by atoms with Crippen LogP contribution >= 0.6 is 0 Å². The van der Waals surface area contributed by atoms with E-state index in [9.17, 15) is 4.79 Å². The first-order valence-corrected chi connectivity index (χ1v) is 8.12. The molecule has 1 aliphatic rings. The van der Waals surface area contributed by atoms with Crippen molar-refractivity contribution in [2.75, 3.05) is 14.2 Å². The quantitative estimate of drug-likeness (QED) is 0.902. The Hall–Kier alpha value is -1.71. The molecule has 4 heteroatoms. The predicted molar refractivity (Wildman–Crippen MR) is 87.8 cm³/mol. The molecule has 0 unspecified atom stereocenters. The first kappa shape index (κ1) is 16.7. The molecule has 0 aliphatic heterocycles. The summed E-state index contributed by atoms with van der Waals surface area (Å²) in [5, 5.41) is 3.15. The van der Waals surface area contributed by atoms with E-state index in [4.69, 9.17) is 9.47 Å². The molecule has 1 aliphatic carbocycles. The second-order valence-corrected chi connectivity index (χ2v) is 6.11. The molecule has 1 aromatic carbocycles. The monoisotopic (exact) mass is 305 g/mol. The highest BCUT2D eigenvalue weighted by Crippen LogP contribution is 2.30. The number of hydrogen-bond acceptors (Lipinski definition) is 3. The smallest absolute Gasteiger partial charge is 0.251 e. The molecule has 2 rings (SSSR count). The third kappa shape index (κ3) is 3.73. The van der Waals surface area contributed by atoms with E-state index in [0.717, 1.165) is 24.3 Å². The van der Waals surface area contributed by atoms with Crippen LogP contribution in [0.5, 0.6) is 11.5 Å². The SMILES string of the molecule is CCC1CCC(NC(=O)c2cc(OC)c(C)c(OC)c2)CC1. The summed E-state index contributed by atoms with van der Waals surface area (Å²) in [4.78, 5) is 12.5. The van der Waals surface area contributed by atoms with Gasteiger partial charge in [0.1, 0.15) is 11.5 Å². The Morgan fingerprint density at radius 2 is 1.68 bits per heavy atom. The molecule has 0 heterocycles. The fourth-order valence-electron chi connectivity index (χ4n) is 3.20. The van der Waals surface area contributed by atoms with Crippen LogP contribution in [0.1, 0.15) is 54.9 Å². The zero-order valence-electron chi connectivity index (χ0n) is 14.1. The molecule has 0 bridgehead atoms. The molecule has 22 heavy (non-hydrogen) atoms. The fraction of sp³-hybridized carbons (Fsp3) is 0.611. The van der Waals surface area contributed by atoms with Gasteiger partial charge in [0.15, 0.2) is 0 Å². The molecular weight excluding hydrogens is 278 g/mol. The minimum atomic E-state index is -0.0449. The summed E-state index contributed by atoms with van der Waals surface area (Å²) in [6.45, 7) is 4.17. The third-order valence-corrected chi connectivity index (χ3v) is 4.77. The normalized spacial score (nSPS) is 21.3. The molecule has 0 aromatic heterocycles. The number of nitrogens with one attached hydrogen (secondary N) is 1. The van der Waals surface area contributed by atoms with Gasteiger partial charge in [-0.1, -0.05) is 13.3 Å². The molecule has 0 spiro atoms. The average Bonchev–Trinajstić information content (AvgIpc) is 2.55. The summed E-state index contributed by atoms with van der Waals surface area (Å²) < 4.78 is 10.7. The van der Waals surface area contributed by atoms with E-state index in [-0.39, 0.29) is 11.9 Å². The Morgan fingerprint density at radius 3 is 2.14 bits per heavy atom. The number of carbonyl (C=O) groups is 1. The topological polar surface area (TPSA) is 47.6 Å². The van der Waals surface area contributed by atoms with Crippen LogP contribution < -0.4 is 14.8 Å². The summed E-state index contributed by atoms with van der Waals surface area (Å²) in [7, 11) is 3.21. The Labute approximate surface area is 133 Å². The highest BCUT2D eigenvalue weighted by atomic mass is 16.5. The van der Waals surface area contributed by atoms with Crippen LogP contribution in [0.15, 0.2) is 12.1 Å². The Balaban J connectivity index is 2.06. The first-order chi connectivity index (χ1) is 10.6. The molecule has 0 saturated heterocycles. The zero-order valence-corrected chi connectivity index (χ0v) is 14.1. The van der Waals surface area contributed by atoms with E-state index in [1.807, 2.05) is 6.92 Å². The lowest BCUT2D eigenvalue weighted by atomic mass is 9.84. The van der Waals surface area contributed by atoms with Crippen LogP contribution in [0.25, 0.3) is 0 Å². The van der Waals surface area contributed by atoms with E-state index in [0.29, 0.717) is 17.1 Å². The van der Waals surface area contributed by atoms with Gasteiger partial charge in [0.2, 0.25) is 0 Å². The fourth-order valence-corrected chi connectivity index (χ4v) is 3.20. The van der Waals surface area contributed by atoms with Crippen molar-refractivity contribution in [3.63, 3.8) is 0 Å². The van der Waals surface area contributed by atoms with Gasteiger partial charge in [0, 0.05) is 17.2 Å². The van der Waals surface area contributed by atoms with Crippen molar-refractivity contribution >= 4 is 5.91 Å². The van der Waals surface area contributed by atoms with Crippen LogP contribution in [0, 0.1) is 12.8 Å². The highest BCUT2D eigenvalue weighted by molar-refractivity contribution is 5.95. The number of hydrogen-bond donors (Lipinski definition) is 1. The number of amides is 1. The van der Waals surface area contributed by atoms with Gasteiger partial charge in [-0.2, -0.15) is 0 Å². The highest BCUT2D eigenvalue weighted by Gasteiger charge is 2.22. The molecule has 0 radical (unpaired) electrons. The van der Waals surface area contributed by atoms with Crippen molar-refractivity contribution in [2.24, 2.45) is 5.92 Å². The second kappa shape index (κ2) is 7.52. The number of rotatable bonds is 5. The van der Waals surface area contributed by atoms with Crippen molar-refractivity contribution in [3.05, 3.63) is 23.3 Å². The molecular formula is C18H27NO3. The Bertz CT molecular complexity index is 494. The summed E-state index contributed by atoms with van der Waals surface area (Å²) >= 11 is 0. The van der Waals surface area contributed by atoms with E-state index in [1.54, 1.807) is 26.4 Å². The Morgan fingerprint density at radius 1 is 1.14 bits per heavy atom. The molecule has 1 N–H and O–H groups in total. The molecule has 1 saturated carbocycles. The van der Waals surface area contributed by atoms with Crippen LogP contribution in [0.4, 0.5) is 0 Å². The third-order valence-electron chi connectivity index (χ3n) is 4.77. The molecule has 4 nitrogen and oxygen atoms in total. The molecule has 1 fully saturated rings. The molecule has 1 aromatic rings. The lowest BCUT2D eigenvalue weighted by molar-refractivity contribution is 0.0921. The summed E-state index contributed by atoms with van der Waals surface area (Å²) in [5.41, 5.74) is 1.50. The summed E-state index contributed by atoms with van der Waals surface area (Å²) in [5.74, 6) is 2.14. The van der Waals surface area contributed by atoms with Gasteiger partial charge in [0.25, 0.3) is 5.91 Å². The second-order valence-electron chi connectivity index (χ2n) is 6.11. The maximum Gasteiger partial charge on any atom is 0.251 e. The van der Waals surface area contributed by atoms with Gasteiger partial charge < -0.3 is 14.8 Å². The van der Waals surface area contributed by atoms with E-state index in [2.05, 4.69) is 12.2 Å². The van der Waals surface area contributed by atoms with E-state index < -0.39 is 0 Å². The van der Waals surface area contributed by atoms with Gasteiger partial charge in [-0.25, -0.2) is 0 Å². The number of carbonyl (C=O) groups excluding carboxylic acids is 1. The minimum Gasteiger partial charge on any atom is -0.496 e. The number of methoxy groups -OCH3 is 2. The van der Waals surface area contributed by atoms with Crippen LogP contribution in [0.2, 0.25) is 0 Å². The van der Waals surface area contributed by atoms with Crippen molar-refractivity contribution < 1.29 is 14.3 Å². The Kier molecular flexibility index (Phi) is 5.69. The van der Waals surface area contributed by atoms with E-state index >= 15 is 0 Å². The lowest BCUT2D eigenvalue weighted by Gasteiger charge is -2.28. The lowest BCUT2D eigenvalue weighted by Crippen LogP contribution is -2.37. The largest absolute Gasteiger partial charge is 0.496 e. The van der Waals surface area contributed by atoms with Crippen molar-refractivity contribution in [2.45, 2.75) is 52.0 Å². The van der Waals surface area contributed by atoms with Gasteiger partial charge >= 0.3 is 0 Å². The molecule has 0 atom stereocenters. The van der Waals surface area contributed by atoms with Crippen molar-refractivity contribution in [3.8, 4) is 11.5 Å². The maximum atomic E-state index is 12.5. The first-order valence-electron chi connectivity index (χ1n) is 8.12. The van der Waals surface area contributed by atoms with Gasteiger partial charge in [-0.15, -0.1) is 0 Å². The van der Waals surface area contributed by atoms with Gasteiger partial charge in [-0.05, 0) is 50.7 Å². The van der Waals surface area contributed by atoms with Crippen molar-refractivity contribution in [1.29, 1.82) is 0 Å². The maximum absolute atomic E-state index is 12.5.